The largest absolute Gasteiger partial charge is 0.326 e. The van der Waals surface area contributed by atoms with Crippen molar-refractivity contribution in [3.63, 3.8) is 0 Å². The third kappa shape index (κ3) is 15.4. The summed E-state index contributed by atoms with van der Waals surface area (Å²) in [7, 11) is 0. The molecular formula is C22H35NO2. The topological polar surface area (TPSA) is 46.2 Å². The van der Waals surface area contributed by atoms with E-state index < -0.39 is 0 Å². The van der Waals surface area contributed by atoms with E-state index in [1.165, 1.54) is 50.2 Å². The second-order valence-corrected chi connectivity index (χ2v) is 6.71. The molecule has 1 N–H and O–H groups in total. The number of anilines is 1. The first-order valence-electron chi connectivity index (χ1n) is 9.31. The molecule has 0 aromatic heterocycles. The van der Waals surface area contributed by atoms with Gasteiger partial charge in [0.2, 0.25) is 5.91 Å². The summed E-state index contributed by atoms with van der Waals surface area (Å²) >= 11 is 0. The molecule has 3 heteroatoms. The third-order valence-corrected chi connectivity index (χ3v) is 3.73. The van der Waals surface area contributed by atoms with Crippen molar-refractivity contribution in [1.29, 1.82) is 0 Å². The average Bonchev–Trinajstić information content (AvgIpc) is 2.48. The summed E-state index contributed by atoms with van der Waals surface area (Å²) < 4.78 is 0. The number of ketones is 1. The molecule has 0 heterocycles. The minimum atomic E-state index is -0.0278. The maximum atomic E-state index is 10.7. The molecule has 1 amide bonds. The number of Topliss-reactive ketones (excluding diaryl/α,β-unsaturated/α-hetero) is 1. The number of amides is 1. The Balaban J connectivity index is 0.000000462. The van der Waals surface area contributed by atoms with Gasteiger partial charge in [-0.25, -0.2) is 0 Å². The maximum Gasteiger partial charge on any atom is 0.221 e. The van der Waals surface area contributed by atoms with Crippen molar-refractivity contribution in [3.8, 4) is 0 Å². The Morgan fingerprint density at radius 2 is 1.44 bits per heavy atom. The van der Waals surface area contributed by atoms with E-state index in [0.29, 0.717) is 5.78 Å². The summed E-state index contributed by atoms with van der Waals surface area (Å²) in [6.07, 6.45) is 11.4. The quantitative estimate of drug-likeness (QED) is 0.408. The smallest absolute Gasteiger partial charge is 0.221 e. The molecule has 1 aromatic carbocycles. The number of aryl methyl sites for hydroxylation is 2. The summed E-state index contributed by atoms with van der Waals surface area (Å²) in [5.74, 6) is 0.298. The minimum Gasteiger partial charge on any atom is -0.326 e. The highest BCUT2D eigenvalue weighted by atomic mass is 16.1. The number of benzene rings is 1. The Hall–Kier alpha value is -1.90. The monoisotopic (exact) mass is 345 g/mol. The summed E-state index contributed by atoms with van der Waals surface area (Å²) in [5, 5.41) is 2.75. The van der Waals surface area contributed by atoms with Crippen molar-refractivity contribution >= 4 is 17.4 Å². The fourth-order valence-electron chi connectivity index (χ4n) is 2.62. The number of unbranched alkanes of at least 4 members (excludes halogenated alkanes) is 6. The molecule has 0 bridgehead atoms. The molecule has 0 unspecified atom stereocenters. The molecule has 0 spiro atoms. The van der Waals surface area contributed by atoms with Crippen molar-refractivity contribution in [2.75, 3.05) is 5.32 Å². The van der Waals surface area contributed by atoms with E-state index in [-0.39, 0.29) is 5.91 Å². The molecule has 1 aromatic rings. The van der Waals surface area contributed by atoms with Crippen molar-refractivity contribution in [1.82, 2.24) is 0 Å². The summed E-state index contributed by atoms with van der Waals surface area (Å²) in [6.45, 7) is 10.9. The summed E-state index contributed by atoms with van der Waals surface area (Å²) in [6, 6.07) is 5.98. The number of allylic oxidation sites excluding steroid dienone is 1. The SMILES string of the molecule is C=CCCCCCCCCC(C)=O.CC(=O)Nc1cc(C)cc(C)c1. The molecule has 0 aliphatic rings. The van der Waals surface area contributed by atoms with Crippen LogP contribution in [-0.4, -0.2) is 11.7 Å². The van der Waals surface area contributed by atoms with Crippen LogP contribution in [0.25, 0.3) is 0 Å². The number of hydrogen-bond acceptors (Lipinski definition) is 2. The molecule has 0 aliphatic carbocycles. The van der Waals surface area contributed by atoms with Gasteiger partial charge in [0.25, 0.3) is 0 Å². The van der Waals surface area contributed by atoms with Gasteiger partial charge >= 0.3 is 0 Å². The molecule has 3 nitrogen and oxygen atoms in total. The Labute approximate surface area is 153 Å². The molecular weight excluding hydrogens is 310 g/mol. The van der Waals surface area contributed by atoms with E-state index in [2.05, 4.69) is 18.0 Å². The first kappa shape index (κ1) is 23.1. The van der Waals surface area contributed by atoms with Gasteiger partial charge in [0.1, 0.15) is 5.78 Å². The lowest BCUT2D eigenvalue weighted by atomic mass is 10.1. The van der Waals surface area contributed by atoms with Gasteiger partial charge in [-0.2, -0.15) is 0 Å². The fraction of sp³-hybridized carbons (Fsp3) is 0.545. The molecule has 25 heavy (non-hydrogen) atoms. The van der Waals surface area contributed by atoms with Crippen LogP contribution >= 0.6 is 0 Å². The Bertz CT molecular complexity index is 515. The predicted octanol–water partition coefficient (Wildman–Crippen LogP) is 6.14. The van der Waals surface area contributed by atoms with Crippen molar-refractivity contribution in [3.05, 3.63) is 42.0 Å². The van der Waals surface area contributed by atoms with Crippen LogP contribution in [-0.2, 0) is 9.59 Å². The second-order valence-electron chi connectivity index (χ2n) is 6.71. The minimum absolute atomic E-state index is 0.0278. The predicted molar refractivity (Wildman–Crippen MR) is 108 cm³/mol. The van der Waals surface area contributed by atoms with E-state index >= 15 is 0 Å². The van der Waals surface area contributed by atoms with E-state index in [0.717, 1.165) is 24.9 Å². The van der Waals surface area contributed by atoms with Gasteiger partial charge < -0.3 is 10.1 Å². The standard InChI is InChI=1S/C12H22O.C10H13NO/c1-3-4-5-6-7-8-9-10-11-12(2)13;1-7-4-8(2)6-10(5-7)11-9(3)12/h3H,1,4-11H2,2H3;4-6H,1-3H3,(H,11,12). The highest BCUT2D eigenvalue weighted by Crippen LogP contribution is 2.13. The zero-order valence-corrected chi connectivity index (χ0v) is 16.5. The zero-order chi connectivity index (χ0) is 19.1. The number of carbonyl (C=O) groups is 2. The molecule has 140 valence electrons. The van der Waals surface area contributed by atoms with E-state index in [9.17, 15) is 9.59 Å². The molecule has 0 saturated heterocycles. The van der Waals surface area contributed by atoms with E-state index in [1.807, 2.05) is 32.1 Å². The molecule has 0 atom stereocenters. The zero-order valence-electron chi connectivity index (χ0n) is 16.5. The van der Waals surface area contributed by atoms with Crippen molar-refractivity contribution < 1.29 is 9.59 Å². The van der Waals surface area contributed by atoms with Gasteiger partial charge in [-0.3, -0.25) is 4.79 Å². The van der Waals surface area contributed by atoms with Gasteiger partial charge in [-0.1, -0.05) is 37.8 Å². The number of nitrogens with one attached hydrogen (secondary N) is 1. The van der Waals surface area contributed by atoms with Crippen molar-refractivity contribution in [2.45, 2.75) is 79.1 Å². The van der Waals surface area contributed by atoms with Crippen LogP contribution in [0, 0.1) is 13.8 Å². The highest BCUT2D eigenvalue weighted by molar-refractivity contribution is 5.88. The van der Waals surface area contributed by atoms with Gasteiger partial charge in [-0.05, 0) is 63.3 Å². The first-order valence-corrected chi connectivity index (χ1v) is 9.31. The Kier molecular flexibility index (Phi) is 13.3. The normalized spacial score (nSPS) is 9.76. The Morgan fingerprint density at radius 3 is 1.92 bits per heavy atom. The lowest BCUT2D eigenvalue weighted by Gasteiger charge is -2.04. The van der Waals surface area contributed by atoms with Crippen LogP contribution < -0.4 is 5.32 Å². The van der Waals surface area contributed by atoms with Gasteiger partial charge in [0.05, 0.1) is 0 Å². The number of carbonyl (C=O) groups excluding carboxylic acids is 2. The summed E-state index contributed by atoms with van der Waals surface area (Å²) in [4.78, 5) is 21.3. The van der Waals surface area contributed by atoms with Crippen LogP contribution in [0.2, 0.25) is 0 Å². The Morgan fingerprint density at radius 1 is 0.920 bits per heavy atom. The fourth-order valence-corrected chi connectivity index (χ4v) is 2.62. The van der Waals surface area contributed by atoms with Gasteiger partial charge in [0, 0.05) is 19.0 Å². The summed E-state index contributed by atoms with van der Waals surface area (Å²) in [5.41, 5.74) is 3.21. The molecule has 0 saturated carbocycles. The molecule has 0 radical (unpaired) electrons. The molecule has 0 fully saturated rings. The highest BCUT2D eigenvalue weighted by Gasteiger charge is 1.96. The van der Waals surface area contributed by atoms with Crippen LogP contribution in [0.5, 0.6) is 0 Å². The maximum absolute atomic E-state index is 10.7. The third-order valence-electron chi connectivity index (χ3n) is 3.73. The average molecular weight is 346 g/mol. The second kappa shape index (κ2) is 14.4. The molecule has 1 rings (SSSR count). The van der Waals surface area contributed by atoms with Gasteiger partial charge in [-0.15, -0.1) is 6.58 Å². The van der Waals surface area contributed by atoms with Gasteiger partial charge in [0.15, 0.2) is 0 Å². The van der Waals surface area contributed by atoms with Crippen molar-refractivity contribution in [2.24, 2.45) is 0 Å². The number of hydrogen-bond donors (Lipinski definition) is 1. The number of rotatable bonds is 10. The lowest BCUT2D eigenvalue weighted by molar-refractivity contribution is -0.117. The van der Waals surface area contributed by atoms with Crippen LogP contribution in [0.1, 0.15) is 76.3 Å². The van der Waals surface area contributed by atoms with Crippen LogP contribution in [0.4, 0.5) is 5.69 Å². The molecule has 0 aliphatic heterocycles. The van der Waals surface area contributed by atoms with E-state index in [4.69, 9.17) is 0 Å². The van der Waals surface area contributed by atoms with Crippen LogP contribution in [0.3, 0.4) is 0 Å². The van der Waals surface area contributed by atoms with Crippen LogP contribution in [0.15, 0.2) is 30.9 Å². The lowest BCUT2D eigenvalue weighted by Crippen LogP contribution is -2.05. The first-order chi connectivity index (χ1) is 11.8. The van der Waals surface area contributed by atoms with E-state index in [1.54, 1.807) is 6.92 Å².